The molecule has 15 heavy (non-hydrogen) atoms. The largest absolute Gasteiger partial charge is 0.396 e. The lowest BCUT2D eigenvalue weighted by atomic mass is 9.95. The average molecular weight is 231 g/mol. The van der Waals surface area contributed by atoms with Gasteiger partial charge in [0.05, 0.1) is 11.9 Å². The Morgan fingerprint density at radius 2 is 2.27 bits per heavy atom. The second-order valence-corrected chi connectivity index (χ2v) is 4.46. The Labute approximate surface area is 93.7 Å². The molecule has 0 aliphatic rings. The van der Waals surface area contributed by atoms with Crippen LogP contribution in [0, 0.1) is 5.41 Å². The standard InChI is InChI=1S/C9H15ClN4O/c1-9(2,5-15)4-13-7-6(11)3-12-8(10)14-7/h3,15H,4-5,11H2,1-2H3,(H,12,13,14). The molecule has 1 rings (SSSR count). The molecule has 1 aromatic rings. The van der Waals surface area contributed by atoms with E-state index in [9.17, 15) is 0 Å². The van der Waals surface area contributed by atoms with E-state index in [4.69, 9.17) is 22.4 Å². The van der Waals surface area contributed by atoms with Crippen molar-refractivity contribution < 1.29 is 5.11 Å². The monoisotopic (exact) mass is 230 g/mol. The fourth-order valence-corrected chi connectivity index (χ4v) is 1.02. The molecule has 0 atom stereocenters. The van der Waals surface area contributed by atoms with E-state index in [1.54, 1.807) is 0 Å². The number of nitrogens with one attached hydrogen (secondary N) is 1. The van der Waals surface area contributed by atoms with Crippen LogP contribution in [0.2, 0.25) is 5.28 Å². The first-order valence-corrected chi connectivity index (χ1v) is 4.95. The number of hydrogen-bond acceptors (Lipinski definition) is 5. The van der Waals surface area contributed by atoms with Crippen LogP contribution >= 0.6 is 11.6 Å². The van der Waals surface area contributed by atoms with Crippen LogP contribution in [0.1, 0.15) is 13.8 Å². The zero-order chi connectivity index (χ0) is 11.5. The molecule has 0 amide bonds. The molecule has 4 N–H and O–H groups in total. The van der Waals surface area contributed by atoms with Gasteiger partial charge in [0.15, 0.2) is 5.82 Å². The highest BCUT2D eigenvalue weighted by molar-refractivity contribution is 6.28. The van der Waals surface area contributed by atoms with Crippen molar-refractivity contribution in [3.8, 4) is 0 Å². The lowest BCUT2D eigenvalue weighted by Crippen LogP contribution is -2.27. The predicted octanol–water partition coefficient (Wildman–Crippen LogP) is 1.14. The number of rotatable bonds is 4. The van der Waals surface area contributed by atoms with E-state index < -0.39 is 0 Å². The topological polar surface area (TPSA) is 84.1 Å². The van der Waals surface area contributed by atoms with Crippen LogP contribution in [0.25, 0.3) is 0 Å². The fourth-order valence-electron chi connectivity index (χ4n) is 0.890. The number of nitrogens with zero attached hydrogens (tertiary/aromatic N) is 2. The molecule has 0 aliphatic heterocycles. The molecule has 84 valence electrons. The Morgan fingerprint density at radius 3 is 2.87 bits per heavy atom. The van der Waals surface area contributed by atoms with Crippen LogP contribution in [-0.2, 0) is 0 Å². The smallest absolute Gasteiger partial charge is 0.224 e. The average Bonchev–Trinajstić information content (AvgIpc) is 2.20. The summed E-state index contributed by atoms with van der Waals surface area (Å²) in [5.74, 6) is 0.497. The molecule has 0 spiro atoms. The van der Waals surface area contributed by atoms with Crippen molar-refractivity contribution in [2.45, 2.75) is 13.8 Å². The van der Waals surface area contributed by atoms with Gasteiger partial charge in [-0.25, -0.2) is 4.98 Å². The highest BCUT2D eigenvalue weighted by Crippen LogP contribution is 2.19. The van der Waals surface area contributed by atoms with E-state index >= 15 is 0 Å². The summed E-state index contributed by atoms with van der Waals surface area (Å²) >= 11 is 5.63. The maximum atomic E-state index is 9.07. The van der Waals surface area contributed by atoms with Gasteiger partial charge in [-0.3, -0.25) is 0 Å². The second-order valence-electron chi connectivity index (χ2n) is 4.12. The molecular weight excluding hydrogens is 216 g/mol. The predicted molar refractivity (Wildman–Crippen MR) is 60.8 cm³/mol. The van der Waals surface area contributed by atoms with Crippen LogP contribution in [0.15, 0.2) is 6.20 Å². The number of nitrogens with two attached hydrogens (primary N) is 1. The summed E-state index contributed by atoms with van der Waals surface area (Å²) in [4.78, 5) is 7.69. The van der Waals surface area contributed by atoms with Gasteiger partial charge in [0.2, 0.25) is 5.28 Å². The third-order valence-electron chi connectivity index (χ3n) is 1.95. The van der Waals surface area contributed by atoms with Crippen molar-refractivity contribution in [1.82, 2.24) is 9.97 Å². The van der Waals surface area contributed by atoms with Crippen molar-refractivity contribution in [2.75, 3.05) is 24.2 Å². The second kappa shape index (κ2) is 4.63. The summed E-state index contributed by atoms with van der Waals surface area (Å²) in [6, 6.07) is 0. The number of nitrogen functional groups attached to an aromatic ring is 1. The van der Waals surface area contributed by atoms with Crippen molar-refractivity contribution in [2.24, 2.45) is 5.41 Å². The van der Waals surface area contributed by atoms with Crippen molar-refractivity contribution in [1.29, 1.82) is 0 Å². The van der Waals surface area contributed by atoms with Gasteiger partial charge < -0.3 is 16.2 Å². The number of halogens is 1. The quantitative estimate of drug-likeness (QED) is 0.676. The lowest BCUT2D eigenvalue weighted by molar-refractivity contribution is 0.171. The molecule has 0 aromatic carbocycles. The minimum absolute atomic E-state index is 0.0821. The molecule has 1 heterocycles. The molecule has 5 nitrogen and oxygen atoms in total. The summed E-state index contributed by atoms with van der Waals surface area (Å²) in [6.45, 7) is 4.50. The van der Waals surface area contributed by atoms with Crippen molar-refractivity contribution >= 4 is 23.1 Å². The van der Waals surface area contributed by atoms with Gasteiger partial charge in [0, 0.05) is 18.6 Å². The van der Waals surface area contributed by atoms with Crippen molar-refractivity contribution in [3.63, 3.8) is 0 Å². The third kappa shape index (κ3) is 3.53. The van der Waals surface area contributed by atoms with Gasteiger partial charge in [0.1, 0.15) is 0 Å². The number of aromatic nitrogens is 2. The molecule has 0 saturated heterocycles. The summed E-state index contributed by atoms with van der Waals surface area (Å²) in [6.07, 6.45) is 1.45. The summed E-state index contributed by atoms with van der Waals surface area (Å²) in [7, 11) is 0. The van der Waals surface area contributed by atoms with E-state index in [0.29, 0.717) is 18.1 Å². The molecule has 0 unspecified atom stereocenters. The van der Waals surface area contributed by atoms with E-state index in [0.717, 1.165) is 0 Å². The Bertz CT molecular complexity index is 343. The molecule has 0 bridgehead atoms. The summed E-state index contributed by atoms with van der Waals surface area (Å²) in [5.41, 5.74) is 5.86. The highest BCUT2D eigenvalue weighted by atomic mass is 35.5. The van der Waals surface area contributed by atoms with Gasteiger partial charge in [-0.2, -0.15) is 4.98 Å². The minimum Gasteiger partial charge on any atom is -0.396 e. The molecule has 0 fully saturated rings. The molecule has 0 aliphatic carbocycles. The van der Waals surface area contributed by atoms with E-state index in [1.807, 2.05) is 13.8 Å². The van der Waals surface area contributed by atoms with Gasteiger partial charge in [-0.15, -0.1) is 0 Å². The summed E-state index contributed by atoms with van der Waals surface area (Å²) < 4.78 is 0. The van der Waals surface area contributed by atoms with E-state index in [1.165, 1.54) is 6.20 Å². The van der Waals surface area contributed by atoms with Gasteiger partial charge in [0.25, 0.3) is 0 Å². The first-order valence-electron chi connectivity index (χ1n) is 4.57. The number of aliphatic hydroxyl groups excluding tert-OH is 1. The van der Waals surface area contributed by atoms with Crippen molar-refractivity contribution in [3.05, 3.63) is 11.5 Å². The first kappa shape index (κ1) is 12.0. The maximum Gasteiger partial charge on any atom is 0.224 e. The number of hydrogen-bond donors (Lipinski definition) is 3. The number of aliphatic hydroxyl groups is 1. The van der Waals surface area contributed by atoms with Crippen LogP contribution < -0.4 is 11.1 Å². The maximum absolute atomic E-state index is 9.07. The van der Waals surface area contributed by atoms with Gasteiger partial charge in [-0.1, -0.05) is 13.8 Å². The Hall–Kier alpha value is -1.07. The van der Waals surface area contributed by atoms with Gasteiger partial charge >= 0.3 is 0 Å². The Balaban J connectivity index is 2.69. The summed E-state index contributed by atoms with van der Waals surface area (Å²) in [5, 5.41) is 12.2. The normalized spacial score (nSPS) is 11.5. The zero-order valence-corrected chi connectivity index (χ0v) is 9.54. The Kier molecular flexibility index (Phi) is 3.71. The molecule has 6 heteroatoms. The minimum atomic E-state index is -0.232. The highest BCUT2D eigenvalue weighted by Gasteiger charge is 2.16. The SMILES string of the molecule is CC(C)(CO)CNc1nc(Cl)ncc1N. The Morgan fingerprint density at radius 1 is 1.60 bits per heavy atom. The van der Waals surface area contributed by atoms with Crippen LogP contribution in [0.5, 0.6) is 0 Å². The molecule has 1 aromatic heterocycles. The molecule has 0 radical (unpaired) electrons. The van der Waals surface area contributed by atoms with Crippen LogP contribution in [-0.4, -0.2) is 28.2 Å². The lowest BCUT2D eigenvalue weighted by Gasteiger charge is -2.22. The molecular formula is C9H15ClN4O. The van der Waals surface area contributed by atoms with E-state index in [2.05, 4.69) is 15.3 Å². The first-order chi connectivity index (χ1) is 6.94. The van der Waals surface area contributed by atoms with E-state index in [-0.39, 0.29) is 17.3 Å². The van der Waals surface area contributed by atoms with Crippen LogP contribution in [0.3, 0.4) is 0 Å². The molecule has 0 saturated carbocycles. The fraction of sp³-hybridized carbons (Fsp3) is 0.556. The zero-order valence-electron chi connectivity index (χ0n) is 8.79. The van der Waals surface area contributed by atoms with Gasteiger partial charge in [-0.05, 0) is 11.6 Å². The van der Waals surface area contributed by atoms with Crippen LogP contribution in [0.4, 0.5) is 11.5 Å². The number of anilines is 2. The third-order valence-corrected chi connectivity index (χ3v) is 2.13.